The van der Waals surface area contributed by atoms with E-state index in [4.69, 9.17) is 4.74 Å². The first-order valence-electron chi connectivity index (χ1n) is 10.5. The summed E-state index contributed by atoms with van der Waals surface area (Å²) < 4.78 is 69.8. The number of aromatic amines is 1. The zero-order valence-electron chi connectivity index (χ0n) is 18.7. The van der Waals surface area contributed by atoms with E-state index in [1.807, 2.05) is 12.1 Å². The van der Waals surface area contributed by atoms with E-state index in [2.05, 4.69) is 14.7 Å². The maximum Gasteiger partial charge on any atom is 0.211 e. The van der Waals surface area contributed by atoms with Crippen LogP contribution in [0.15, 0.2) is 42.6 Å². The molecule has 0 saturated carbocycles. The number of fused-ring (bicyclic) bond motifs is 1. The second-order valence-corrected chi connectivity index (χ2v) is 11.9. The Labute approximate surface area is 197 Å². The van der Waals surface area contributed by atoms with Gasteiger partial charge in [-0.3, -0.25) is 0 Å². The molecule has 3 heterocycles. The molecule has 12 heteroatoms. The van der Waals surface area contributed by atoms with Crippen molar-refractivity contribution in [2.75, 3.05) is 38.8 Å². The number of sulfonamides is 2. The van der Waals surface area contributed by atoms with Crippen molar-refractivity contribution in [1.82, 2.24) is 19.0 Å². The molecule has 34 heavy (non-hydrogen) atoms. The van der Waals surface area contributed by atoms with Crippen LogP contribution in [-0.2, 0) is 20.0 Å². The van der Waals surface area contributed by atoms with Crippen LogP contribution >= 0.6 is 0 Å². The van der Waals surface area contributed by atoms with Crippen molar-refractivity contribution in [1.29, 1.82) is 0 Å². The number of halogens is 1. The molecule has 1 aliphatic heterocycles. The number of hydrogen-bond donors (Lipinski definition) is 2. The van der Waals surface area contributed by atoms with Gasteiger partial charge in [-0.2, -0.15) is 4.31 Å². The molecule has 0 atom stereocenters. The average molecular weight is 509 g/mol. The summed E-state index contributed by atoms with van der Waals surface area (Å²) in [6, 6.07) is 7.83. The second kappa shape index (κ2) is 9.45. The van der Waals surface area contributed by atoms with Crippen LogP contribution in [0, 0.1) is 5.82 Å². The highest BCUT2D eigenvalue weighted by Crippen LogP contribution is 2.36. The molecule has 1 aromatic carbocycles. The van der Waals surface area contributed by atoms with Crippen molar-refractivity contribution in [2.45, 2.75) is 6.42 Å². The molecule has 1 aliphatic rings. The molecule has 182 valence electrons. The molecule has 0 saturated heterocycles. The van der Waals surface area contributed by atoms with Crippen LogP contribution in [0.25, 0.3) is 27.7 Å². The van der Waals surface area contributed by atoms with E-state index in [-0.39, 0.29) is 13.2 Å². The van der Waals surface area contributed by atoms with E-state index in [0.717, 1.165) is 22.9 Å². The van der Waals surface area contributed by atoms with Gasteiger partial charge in [-0.25, -0.2) is 30.9 Å². The molecular formula is C22H25FN4O5S2. The molecule has 4 rings (SSSR count). The Kier molecular flexibility index (Phi) is 6.76. The van der Waals surface area contributed by atoms with Crippen molar-refractivity contribution in [3.05, 3.63) is 54.1 Å². The summed E-state index contributed by atoms with van der Waals surface area (Å²) in [5.41, 5.74) is 3.61. The first-order valence-corrected chi connectivity index (χ1v) is 14.2. The second-order valence-electron chi connectivity index (χ2n) is 8.06. The van der Waals surface area contributed by atoms with E-state index in [1.54, 1.807) is 12.3 Å². The fraction of sp³-hybridized carbons (Fsp3) is 0.318. The number of nitrogens with one attached hydrogen (secondary N) is 2. The van der Waals surface area contributed by atoms with Crippen LogP contribution in [0.1, 0.15) is 12.1 Å². The summed E-state index contributed by atoms with van der Waals surface area (Å²) in [5, 5.41) is 0.758. The van der Waals surface area contributed by atoms with Gasteiger partial charge in [0.05, 0.1) is 12.5 Å². The molecule has 0 spiro atoms. The highest BCUT2D eigenvalue weighted by Gasteiger charge is 2.22. The lowest BCUT2D eigenvalue weighted by Gasteiger charge is -2.23. The van der Waals surface area contributed by atoms with Crippen molar-refractivity contribution >= 4 is 36.7 Å². The third-order valence-electron chi connectivity index (χ3n) is 5.47. The molecule has 3 aromatic rings. The summed E-state index contributed by atoms with van der Waals surface area (Å²) in [6.45, 7) is 0.841. The minimum Gasteiger partial charge on any atom is -0.492 e. The van der Waals surface area contributed by atoms with E-state index in [0.29, 0.717) is 42.0 Å². The van der Waals surface area contributed by atoms with E-state index in [9.17, 15) is 21.2 Å². The van der Waals surface area contributed by atoms with Gasteiger partial charge in [0.15, 0.2) is 0 Å². The lowest BCUT2D eigenvalue weighted by atomic mass is 10.0. The Bertz CT molecular complexity index is 1470. The first kappa shape index (κ1) is 24.3. The minimum atomic E-state index is -3.34. The van der Waals surface area contributed by atoms with Crippen LogP contribution < -0.4 is 9.46 Å². The Balaban J connectivity index is 1.65. The molecular weight excluding hydrogens is 483 g/mol. The van der Waals surface area contributed by atoms with Gasteiger partial charge in [0.25, 0.3) is 0 Å². The summed E-state index contributed by atoms with van der Waals surface area (Å²) in [6.07, 6.45) is 6.30. The van der Waals surface area contributed by atoms with Gasteiger partial charge in [-0.15, -0.1) is 0 Å². The van der Waals surface area contributed by atoms with Crippen molar-refractivity contribution in [2.24, 2.45) is 0 Å². The zero-order chi connectivity index (χ0) is 24.5. The summed E-state index contributed by atoms with van der Waals surface area (Å²) >= 11 is 0. The minimum absolute atomic E-state index is 0.0715. The molecule has 0 bridgehead atoms. The number of aromatic nitrogens is 2. The van der Waals surface area contributed by atoms with Gasteiger partial charge in [-0.05, 0) is 47.9 Å². The van der Waals surface area contributed by atoms with E-state index < -0.39 is 25.9 Å². The van der Waals surface area contributed by atoms with Crippen LogP contribution in [0.3, 0.4) is 0 Å². The Morgan fingerprint density at radius 3 is 2.62 bits per heavy atom. The molecule has 0 radical (unpaired) electrons. The van der Waals surface area contributed by atoms with Gasteiger partial charge in [-0.1, -0.05) is 6.08 Å². The van der Waals surface area contributed by atoms with Crippen LogP contribution in [0.4, 0.5) is 4.39 Å². The topological polar surface area (TPSA) is 121 Å². The number of ether oxygens (including phenoxy) is 1. The first-order chi connectivity index (χ1) is 16.0. The number of benzene rings is 1. The predicted octanol–water partition coefficient (Wildman–Crippen LogP) is 2.35. The number of nitrogens with zero attached hydrogens (tertiary/aromatic N) is 2. The van der Waals surface area contributed by atoms with Crippen molar-refractivity contribution < 1.29 is 26.0 Å². The van der Waals surface area contributed by atoms with Crippen molar-refractivity contribution in [3.8, 4) is 16.9 Å². The number of hydrogen-bond acceptors (Lipinski definition) is 6. The SMILES string of the molecule is CS(=O)(=O)NCCOc1ccc(F)cc1-c1ccnc2[nH]c(C3=CCN(S(C)(=O)=O)CC3)cc12. The zero-order valence-corrected chi connectivity index (χ0v) is 20.3. The van der Waals surface area contributed by atoms with Gasteiger partial charge < -0.3 is 9.72 Å². The fourth-order valence-electron chi connectivity index (χ4n) is 3.86. The molecule has 0 aliphatic carbocycles. The standard InChI is InChI=1S/C22H25FN4O5S2/c1-33(28,29)25-9-12-32-21-4-3-16(23)13-18(21)17-5-8-24-22-19(17)14-20(26-22)15-6-10-27(11-7-15)34(2,30)31/h3-6,8,13-14,25H,7,9-12H2,1-2H3,(H,24,26). The third kappa shape index (κ3) is 5.63. The Hall–Kier alpha value is -2.80. The number of H-pyrrole nitrogens is 1. The van der Waals surface area contributed by atoms with Gasteiger partial charge in [0.2, 0.25) is 20.0 Å². The summed E-state index contributed by atoms with van der Waals surface area (Å²) in [4.78, 5) is 7.66. The van der Waals surface area contributed by atoms with Crippen molar-refractivity contribution in [3.63, 3.8) is 0 Å². The van der Waals surface area contributed by atoms with Crippen LogP contribution in [0.5, 0.6) is 5.75 Å². The quantitative estimate of drug-likeness (QED) is 0.451. The van der Waals surface area contributed by atoms with Gasteiger partial charge in [0.1, 0.15) is 23.8 Å². The maximum absolute atomic E-state index is 14.2. The molecule has 0 amide bonds. The van der Waals surface area contributed by atoms with Crippen LogP contribution in [0.2, 0.25) is 0 Å². The maximum atomic E-state index is 14.2. The Morgan fingerprint density at radius 2 is 1.94 bits per heavy atom. The smallest absolute Gasteiger partial charge is 0.211 e. The highest BCUT2D eigenvalue weighted by molar-refractivity contribution is 7.88. The monoisotopic (exact) mass is 508 g/mol. The predicted molar refractivity (Wildman–Crippen MR) is 129 cm³/mol. The number of pyridine rings is 1. The number of rotatable bonds is 8. The normalized spacial score (nSPS) is 15.4. The average Bonchev–Trinajstić information content (AvgIpc) is 3.21. The fourth-order valence-corrected chi connectivity index (χ4v) is 5.08. The lowest BCUT2D eigenvalue weighted by Crippen LogP contribution is -2.33. The molecule has 0 unspecified atom stereocenters. The molecule has 2 N–H and O–H groups in total. The van der Waals surface area contributed by atoms with Gasteiger partial charge >= 0.3 is 0 Å². The van der Waals surface area contributed by atoms with E-state index in [1.165, 1.54) is 28.8 Å². The van der Waals surface area contributed by atoms with E-state index >= 15 is 0 Å². The largest absolute Gasteiger partial charge is 0.492 e. The van der Waals surface area contributed by atoms with Gasteiger partial charge in [0, 0.05) is 42.5 Å². The summed E-state index contributed by atoms with van der Waals surface area (Å²) in [7, 11) is -6.59. The third-order valence-corrected chi connectivity index (χ3v) is 7.47. The molecule has 2 aromatic heterocycles. The Morgan fingerprint density at radius 1 is 1.15 bits per heavy atom. The summed E-state index contributed by atoms with van der Waals surface area (Å²) in [5.74, 6) is -0.0270. The molecule has 9 nitrogen and oxygen atoms in total. The highest BCUT2D eigenvalue weighted by atomic mass is 32.2. The van der Waals surface area contributed by atoms with Crippen LogP contribution in [-0.4, -0.2) is 69.9 Å². The lowest BCUT2D eigenvalue weighted by molar-refractivity contribution is 0.324. The molecule has 0 fully saturated rings.